The van der Waals surface area contributed by atoms with Crippen LogP contribution in [0.3, 0.4) is 0 Å². The van der Waals surface area contributed by atoms with Crippen LogP contribution >= 0.6 is 23.5 Å². The van der Waals surface area contributed by atoms with Crippen LogP contribution in [-0.2, 0) is 4.79 Å². The van der Waals surface area contributed by atoms with Gasteiger partial charge in [-0.1, -0.05) is 18.2 Å². The van der Waals surface area contributed by atoms with Crippen LogP contribution in [0.2, 0.25) is 0 Å². The number of nitrogens with one attached hydrogen (secondary N) is 1. The molecule has 1 amide bonds. The highest BCUT2D eigenvalue weighted by atomic mass is 32.2. The summed E-state index contributed by atoms with van der Waals surface area (Å²) in [6.45, 7) is -0.225. The van der Waals surface area contributed by atoms with Gasteiger partial charge in [0.25, 0.3) is 5.91 Å². The summed E-state index contributed by atoms with van der Waals surface area (Å²) in [5.74, 6) is 2.45. The molecule has 1 N–H and O–H groups in total. The van der Waals surface area contributed by atoms with Crippen LogP contribution in [0, 0.1) is 5.82 Å². The van der Waals surface area contributed by atoms with Gasteiger partial charge in [-0.05, 0) is 29.8 Å². The van der Waals surface area contributed by atoms with Gasteiger partial charge in [-0.3, -0.25) is 4.79 Å². The van der Waals surface area contributed by atoms with Crippen molar-refractivity contribution in [1.82, 2.24) is 0 Å². The van der Waals surface area contributed by atoms with Crippen LogP contribution in [0.25, 0.3) is 0 Å². The molecule has 0 radical (unpaired) electrons. The summed E-state index contributed by atoms with van der Waals surface area (Å²) < 4.78 is 24.9. The van der Waals surface area contributed by atoms with Gasteiger partial charge in [-0.25, -0.2) is 4.39 Å². The number of para-hydroxylation sites is 1. The van der Waals surface area contributed by atoms with Gasteiger partial charge >= 0.3 is 0 Å². The van der Waals surface area contributed by atoms with Crippen LogP contribution in [0.1, 0.15) is 10.1 Å². The molecular formula is C18H18FNO3S2. The van der Waals surface area contributed by atoms with Crippen molar-refractivity contribution in [3.8, 4) is 11.5 Å². The van der Waals surface area contributed by atoms with Gasteiger partial charge in [0.1, 0.15) is 5.82 Å². The predicted octanol–water partition coefficient (Wildman–Crippen LogP) is 4.33. The van der Waals surface area contributed by atoms with Crippen molar-refractivity contribution >= 4 is 35.1 Å². The molecule has 0 bridgehead atoms. The normalized spacial score (nSPS) is 14.3. The number of carbonyl (C=O) groups excluding carboxylic acids is 1. The minimum absolute atomic E-state index is 0.133. The third-order valence-corrected chi connectivity index (χ3v) is 6.69. The highest BCUT2D eigenvalue weighted by Crippen LogP contribution is 2.46. The molecule has 7 heteroatoms. The molecular weight excluding hydrogens is 361 g/mol. The van der Waals surface area contributed by atoms with Gasteiger partial charge in [0.15, 0.2) is 18.1 Å². The first kappa shape index (κ1) is 17.9. The average Bonchev–Trinajstić information content (AvgIpc) is 3.16. The maximum atomic E-state index is 13.5. The third kappa shape index (κ3) is 4.61. The largest absolute Gasteiger partial charge is 0.493 e. The second kappa shape index (κ2) is 8.49. The quantitative estimate of drug-likeness (QED) is 0.809. The maximum Gasteiger partial charge on any atom is 0.262 e. The summed E-state index contributed by atoms with van der Waals surface area (Å²) in [6.07, 6.45) is 0. The second-order valence-corrected chi connectivity index (χ2v) is 8.02. The molecule has 0 aromatic heterocycles. The Balaban J connectivity index is 1.62. The Hall–Kier alpha value is -1.86. The lowest BCUT2D eigenvalue weighted by Crippen LogP contribution is -2.21. The SMILES string of the molecule is COc1cc(C2SCCS2)ccc1OCC(=O)Nc1ccccc1F. The van der Waals surface area contributed by atoms with Crippen LogP contribution in [0.5, 0.6) is 11.5 Å². The molecule has 2 aromatic carbocycles. The number of hydrogen-bond acceptors (Lipinski definition) is 5. The van der Waals surface area contributed by atoms with Crippen molar-refractivity contribution in [2.75, 3.05) is 30.5 Å². The minimum atomic E-state index is -0.482. The van der Waals surface area contributed by atoms with Gasteiger partial charge in [-0.15, -0.1) is 23.5 Å². The molecule has 0 spiro atoms. The summed E-state index contributed by atoms with van der Waals surface area (Å²) in [4.78, 5) is 12.0. The van der Waals surface area contributed by atoms with E-state index >= 15 is 0 Å². The Labute approximate surface area is 154 Å². The Morgan fingerprint density at radius 1 is 1.20 bits per heavy atom. The molecule has 1 aliphatic rings. The van der Waals surface area contributed by atoms with Gasteiger partial charge in [0.05, 0.1) is 17.4 Å². The van der Waals surface area contributed by atoms with Gasteiger partial charge in [-0.2, -0.15) is 0 Å². The Morgan fingerprint density at radius 3 is 2.68 bits per heavy atom. The molecule has 2 aromatic rings. The predicted molar refractivity (Wildman–Crippen MR) is 101 cm³/mol. The first-order chi connectivity index (χ1) is 12.2. The molecule has 0 aliphatic carbocycles. The summed E-state index contributed by atoms with van der Waals surface area (Å²) in [5, 5.41) is 2.49. The van der Waals surface area contributed by atoms with Crippen LogP contribution in [0.15, 0.2) is 42.5 Å². The molecule has 25 heavy (non-hydrogen) atoms. The van der Waals surface area contributed by atoms with E-state index in [4.69, 9.17) is 9.47 Å². The third-order valence-electron chi connectivity index (χ3n) is 3.59. The molecule has 4 nitrogen and oxygen atoms in total. The number of ether oxygens (including phenoxy) is 2. The van der Waals surface area contributed by atoms with Crippen molar-refractivity contribution in [1.29, 1.82) is 0 Å². The van der Waals surface area contributed by atoms with E-state index in [0.717, 1.165) is 11.5 Å². The highest BCUT2D eigenvalue weighted by molar-refractivity contribution is 8.19. The fourth-order valence-corrected chi connectivity index (χ4v) is 5.23. The van der Waals surface area contributed by atoms with Crippen LogP contribution in [0.4, 0.5) is 10.1 Å². The van der Waals surface area contributed by atoms with Gasteiger partial charge in [0.2, 0.25) is 0 Å². The van der Waals surface area contributed by atoms with E-state index in [1.807, 2.05) is 41.7 Å². The number of amides is 1. The molecule has 132 valence electrons. The standard InChI is InChI=1S/C18H18FNO3S2/c1-22-16-10-12(18-24-8-9-25-18)6-7-15(16)23-11-17(21)20-14-5-3-2-4-13(14)19/h2-7,10,18H,8-9,11H2,1H3,(H,20,21). The van der Waals surface area contributed by atoms with Crippen molar-refractivity contribution in [3.05, 3.63) is 53.8 Å². The molecule has 3 rings (SSSR count). The highest BCUT2D eigenvalue weighted by Gasteiger charge is 2.20. The number of thioether (sulfide) groups is 2. The number of hydrogen-bond donors (Lipinski definition) is 1. The lowest BCUT2D eigenvalue weighted by atomic mass is 10.2. The van der Waals surface area contributed by atoms with E-state index in [9.17, 15) is 9.18 Å². The fraction of sp³-hybridized carbons (Fsp3) is 0.278. The van der Waals surface area contributed by atoms with Gasteiger partial charge in [0, 0.05) is 11.5 Å². The Kier molecular flexibility index (Phi) is 6.09. The number of methoxy groups -OCH3 is 1. The second-order valence-electron chi connectivity index (χ2n) is 5.30. The smallest absolute Gasteiger partial charge is 0.262 e. The van der Waals surface area contributed by atoms with Crippen LogP contribution < -0.4 is 14.8 Å². The van der Waals surface area contributed by atoms with Crippen molar-refractivity contribution in [2.24, 2.45) is 0 Å². The molecule has 0 saturated carbocycles. The lowest BCUT2D eigenvalue weighted by molar-refractivity contribution is -0.118. The summed E-state index contributed by atoms with van der Waals surface area (Å²) >= 11 is 3.82. The van der Waals surface area contributed by atoms with Crippen molar-refractivity contribution in [3.63, 3.8) is 0 Å². The molecule has 1 aliphatic heterocycles. The van der Waals surface area contributed by atoms with Crippen LogP contribution in [-0.4, -0.2) is 31.1 Å². The Bertz CT molecular complexity index is 751. The number of benzene rings is 2. The zero-order valence-electron chi connectivity index (χ0n) is 13.7. The number of anilines is 1. The zero-order chi connectivity index (χ0) is 17.6. The molecule has 1 saturated heterocycles. The summed E-state index contributed by atoms with van der Waals surface area (Å²) in [7, 11) is 1.57. The Morgan fingerprint density at radius 2 is 1.96 bits per heavy atom. The average molecular weight is 379 g/mol. The fourth-order valence-electron chi connectivity index (χ4n) is 2.39. The topological polar surface area (TPSA) is 47.6 Å². The molecule has 1 heterocycles. The number of carbonyl (C=O) groups is 1. The van der Waals surface area contributed by atoms with E-state index < -0.39 is 11.7 Å². The zero-order valence-corrected chi connectivity index (χ0v) is 15.3. The van der Waals surface area contributed by atoms with E-state index in [1.54, 1.807) is 19.2 Å². The first-order valence-corrected chi connectivity index (χ1v) is 9.85. The van der Waals surface area contributed by atoms with E-state index in [0.29, 0.717) is 16.1 Å². The summed E-state index contributed by atoms with van der Waals surface area (Å²) in [6, 6.07) is 11.7. The lowest BCUT2D eigenvalue weighted by Gasteiger charge is -2.14. The molecule has 0 unspecified atom stereocenters. The van der Waals surface area contributed by atoms with Crippen molar-refractivity contribution in [2.45, 2.75) is 4.58 Å². The van der Waals surface area contributed by atoms with Gasteiger partial charge < -0.3 is 14.8 Å². The maximum absolute atomic E-state index is 13.5. The van der Waals surface area contributed by atoms with E-state index in [1.165, 1.54) is 17.7 Å². The van der Waals surface area contributed by atoms with E-state index in [-0.39, 0.29) is 12.3 Å². The summed E-state index contributed by atoms with van der Waals surface area (Å²) in [5.41, 5.74) is 1.31. The molecule has 0 atom stereocenters. The number of halogens is 1. The van der Waals surface area contributed by atoms with E-state index in [2.05, 4.69) is 5.32 Å². The minimum Gasteiger partial charge on any atom is -0.493 e. The first-order valence-electron chi connectivity index (χ1n) is 7.75. The van der Waals surface area contributed by atoms with Crippen molar-refractivity contribution < 1.29 is 18.7 Å². The molecule has 1 fully saturated rings. The number of rotatable bonds is 6. The monoisotopic (exact) mass is 379 g/mol.